The SMILES string of the molecule is COc1ccc(F)cc1CC(=O)N[C@@H]1CC[C@H](C(=O)O)C1. The molecule has 0 aliphatic heterocycles. The fourth-order valence-electron chi connectivity index (χ4n) is 2.67. The molecule has 1 aromatic carbocycles. The molecule has 0 unspecified atom stereocenters. The average Bonchev–Trinajstić information content (AvgIpc) is 2.87. The Morgan fingerprint density at radius 3 is 2.81 bits per heavy atom. The summed E-state index contributed by atoms with van der Waals surface area (Å²) in [5, 5.41) is 11.7. The number of carbonyl (C=O) groups is 2. The van der Waals surface area contributed by atoms with Crippen LogP contribution in [0, 0.1) is 11.7 Å². The average molecular weight is 295 g/mol. The number of amides is 1. The number of hydrogen-bond donors (Lipinski definition) is 2. The molecule has 1 aliphatic rings. The molecule has 1 aromatic rings. The van der Waals surface area contributed by atoms with Crippen molar-refractivity contribution in [1.82, 2.24) is 5.32 Å². The van der Waals surface area contributed by atoms with Gasteiger partial charge in [-0.05, 0) is 37.5 Å². The van der Waals surface area contributed by atoms with Crippen LogP contribution in [0.25, 0.3) is 0 Å². The molecule has 6 heteroatoms. The van der Waals surface area contributed by atoms with Crippen molar-refractivity contribution in [2.75, 3.05) is 7.11 Å². The Balaban J connectivity index is 1.93. The van der Waals surface area contributed by atoms with E-state index in [1.807, 2.05) is 0 Å². The molecular formula is C15H18FNO4. The fraction of sp³-hybridized carbons (Fsp3) is 0.467. The summed E-state index contributed by atoms with van der Waals surface area (Å²) in [4.78, 5) is 22.9. The highest BCUT2D eigenvalue weighted by Crippen LogP contribution is 2.26. The van der Waals surface area contributed by atoms with Crippen LogP contribution in [-0.4, -0.2) is 30.1 Å². The molecule has 0 radical (unpaired) electrons. The molecule has 2 rings (SSSR count). The number of nitrogens with one attached hydrogen (secondary N) is 1. The number of ether oxygens (including phenoxy) is 1. The van der Waals surface area contributed by atoms with Crippen molar-refractivity contribution in [3.05, 3.63) is 29.6 Å². The van der Waals surface area contributed by atoms with Crippen molar-refractivity contribution in [2.24, 2.45) is 5.92 Å². The Hall–Kier alpha value is -2.11. The smallest absolute Gasteiger partial charge is 0.306 e. The molecule has 0 saturated heterocycles. The van der Waals surface area contributed by atoms with Gasteiger partial charge in [0.15, 0.2) is 0 Å². The number of aliphatic carboxylic acids is 1. The first-order valence-corrected chi connectivity index (χ1v) is 6.84. The Morgan fingerprint density at radius 1 is 1.43 bits per heavy atom. The standard InChI is InChI=1S/C15H18FNO4/c1-21-13-5-3-11(16)6-10(13)8-14(18)17-12-4-2-9(7-12)15(19)20/h3,5-6,9,12H,2,4,7-8H2,1H3,(H,17,18)(H,19,20)/t9-,12+/m0/s1. The van der Waals surface area contributed by atoms with Gasteiger partial charge in [0.25, 0.3) is 0 Å². The molecule has 1 amide bonds. The number of benzene rings is 1. The first kappa shape index (κ1) is 15.3. The molecule has 5 nitrogen and oxygen atoms in total. The van der Waals surface area contributed by atoms with Gasteiger partial charge in [0.05, 0.1) is 19.4 Å². The number of carbonyl (C=O) groups excluding carboxylic acids is 1. The summed E-state index contributed by atoms with van der Waals surface area (Å²) in [6, 6.07) is 3.90. The second-order valence-electron chi connectivity index (χ2n) is 5.25. The number of rotatable bonds is 5. The number of hydrogen-bond acceptors (Lipinski definition) is 3. The number of carboxylic acids is 1. The third kappa shape index (κ3) is 3.93. The molecule has 1 fully saturated rings. The normalized spacial score (nSPS) is 21.0. The van der Waals surface area contributed by atoms with Gasteiger partial charge in [0, 0.05) is 11.6 Å². The molecule has 2 N–H and O–H groups in total. The lowest BCUT2D eigenvalue weighted by molar-refractivity contribution is -0.141. The highest BCUT2D eigenvalue weighted by atomic mass is 19.1. The van der Waals surface area contributed by atoms with E-state index in [4.69, 9.17) is 9.84 Å². The van der Waals surface area contributed by atoms with Crippen LogP contribution < -0.4 is 10.1 Å². The molecular weight excluding hydrogens is 277 g/mol. The molecule has 21 heavy (non-hydrogen) atoms. The first-order chi connectivity index (χ1) is 9.99. The van der Waals surface area contributed by atoms with Crippen molar-refractivity contribution in [1.29, 1.82) is 0 Å². The van der Waals surface area contributed by atoms with E-state index < -0.39 is 11.8 Å². The molecule has 0 aromatic heterocycles. The second kappa shape index (κ2) is 6.56. The second-order valence-corrected chi connectivity index (χ2v) is 5.25. The monoisotopic (exact) mass is 295 g/mol. The lowest BCUT2D eigenvalue weighted by atomic mass is 10.1. The molecule has 0 bridgehead atoms. The van der Waals surface area contributed by atoms with Crippen LogP contribution in [0.15, 0.2) is 18.2 Å². The minimum atomic E-state index is -0.821. The zero-order valence-electron chi connectivity index (χ0n) is 11.8. The molecule has 114 valence electrons. The van der Waals surface area contributed by atoms with Crippen LogP contribution in [0.3, 0.4) is 0 Å². The first-order valence-electron chi connectivity index (χ1n) is 6.84. The van der Waals surface area contributed by atoms with Gasteiger partial charge in [-0.3, -0.25) is 9.59 Å². The zero-order chi connectivity index (χ0) is 15.4. The minimum absolute atomic E-state index is 0.00910. The molecule has 1 saturated carbocycles. The summed E-state index contributed by atoms with van der Waals surface area (Å²) in [5.41, 5.74) is 0.475. The van der Waals surface area contributed by atoms with Gasteiger partial charge in [-0.25, -0.2) is 4.39 Å². The Labute approximate surface area is 122 Å². The van der Waals surface area contributed by atoms with Gasteiger partial charge in [-0.15, -0.1) is 0 Å². The van der Waals surface area contributed by atoms with Gasteiger partial charge < -0.3 is 15.2 Å². The van der Waals surface area contributed by atoms with Gasteiger partial charge in [-0.2, -0.15) is 0 Å². The van der Waals surface area contributed by atoms with Crippen LogP contribution >= 0.6 is 0 Å². The van der Waals surface area contributed by atoms with Crippen molar-refractivity contribution < 1.29 is 23.8 Å². The van der Waals surface area contributed by atoms with Crippen LogP contribution in [0.2, 0.25) is 0 Å². The summed E-state index contributed by atoms with van der Waals surface area (Å²) in [6.45, 7) is 0. The molecule has 0 spiro atoms. The van der Waals surface area contributed by atoms with Crippen molar-refractivity contribution in [3.63, 3.8) is 0 Å². The Bertz CT molecular complexity index is 546. The van der Waals surface area contributed by atoms with Crippen molar-refractivity contribution >= 4 is 11.9 Å². The van der Waals surface area contributed by atoms with Gasteiger partial charge >= 0.3 is 5.97 Å². The number of methoxy groups -OCH3 is 1. The van der Waals surface area contributed by atoms with Gasteiger partial charge in [0.2, 0.25) is 5.91 Å². The molecule has 1 aliphatic carbocycles. The third-order valence-corrected chi connectivity index (χ3v) is 3.74. The Morgan fingerprint density at radius 2 is 2.19 bits per heavy atom. The molecule has 2 atom stereocenters. The minimum Gasteiger partial charge on any atom is -0.496 e. The van der Waals surface area contributed by atoms with E-state index in [-0.39, 0.29) is 24.3 Å². The fourth-order valence-corrected chi connectivity index (χ4v) is 2.67. The van der Waals surface area contributed by atoms with E-state index >= 15 is 0 Å². The third-order valence-electron chi connectivity index (χ3n) is 3.74. The zero-order valence-corrected chi connectivity index (χ0v) is 11.8. The van der Waals surface area contributed by atoms with E-state index in [0.717, 1.165) is 0 Å². The van der Waals surface area contributed by atoms with Crippen molar-refractivity contribution in [3.8, 4) is 5.75 Å². The van der Waals surface area contributed by atoms with Crippen LogP contribution in [0.4, 0.5) is 4.39 Å². The predicted molar refractivity (Wildman–Crippen MR) is 73.6 cm³/mol. The lowest BCUT2D eigenvalue weighted by Gasteiger charge is -2.13. The maximum atomic E-state index is 13.2. The van der Waals surface area contributed by atoms with Crippen molar-refractivity contribution in [2.45, 2.75) is 31.7 Å². The van der Waals surface area contributed by atoms with Gasteiger partial charge in [-0.1, -0.05) is 0 Å². The topological polar surface area (TPSA) is 75.6 Å². The quantitative estimate of drug-likeness (QED) is 0.867. The summed E-state index contributed by atoms with van der Waals surface area (Å²) >= 11 is 0. The molecule has 0 heterocycles. The van der Waals surface area contributed by atoms with Gasteiger partial charge in [0.1, 0.15) is 11.6 Å². The van der Waals surface area contributed by atoms with E-state index in [9.17, 15) is 14.0 Å². The van der Waals surface area contributed by atoms with Crippen LogP contribution in [0.5, 0.6) is 5.75 Å². The maximum Gasteiger partial charge on any atom is 0.306 e. The summed E-state index contributed by atoms with van der Waals surface area (Å²) in [5.74, 6) is -1.43. The van der Waals surface area contributed by atoms with Crippen LogP contribution in [-0.2, 0) is 16.0 Å². The highest BCUT2D eigenvalue weighted by Gasteiger charge is 2.30. The predicted octanol–water partition coefficient (Wildman–Crippen LogP) is 1.75. The summed E-state index contributed by atoms with van der Waals surface area (Å²) in [6.07, 6.45) is 1.68. The Kier molecular flexibility index (Phi) is 4.77. The summed E-state index contributed by atoms with van der Waals surface area (Å²) < 4.78 is 18.3. The van der Waals surface area contributed by atoms with E-state index in [1.54, 1.807) is 0 Å². The largest absolute Gasteiger partial charge is 0.496 e. The summed E-state index contributed by atoms with van der Waals surface area (Å²) in [7, 11) is 1.46. The maximum absolute atomic E-state index is 13.2. The number of carboxylic acid groups (broad SMARTS) is 1. The van der Waals surface area contributed by atoms with Crippen LogP contribution in [0.1, 0.15) is 24.8 Å². The van der Waals surface area contributed by atoms with E-state index in [0.29, 0.717) is 30.6 Å². The number of halogens is 1. The lowest BCUT2D eigenvalue weighted by Crippen LogP contribution is -2.34. The van der Waals surface area contributed by atoms with E-state index in [2.05, 4.69) is 5.32 Å². The highest BCUT2D eigenvalue weighted by molar-refractivity contribution is 5.80. The van der Waals surface area contributed by atoms with E-state index in [1.165, 1.54) is 25.3 Å².